The molecule has 0 rings (SSSR count). The first kappa shape index (κ1) is 36.6. The molecule has 1 nitrogen and oxygen atoms in total. The molecule has 0 spiro atoms. The fraction of sp³-hybridized carbons (Fsp3) is 1.00. The van der Waals surface area contributed by atoms with E-state index in [-0.39, 0.29) is 41.9 Å². The van der Waals surface area contributed by atoms with Gasteiger partial charge in [-0.3, -0.25) is 0 Å². The van der Waals surface area contributed by atoms with E-state index >= 15 is 0 Å². The van der Waals surface area contributed by atoms with Crippen molar-refractivity contribution in [2.45, 2.75) is 0 Å². The van der Waals surface area contributed by atoms with Gasteiger partial charge < -0.3 is 29.9 Å². The van der Waals surface area contributed by atoms with E-state index in [1.807, 2.05) is 0 Å². The SMILES string of the molecule is CO.[Cl-].[Cl-].[Mn+2]. The standard InChI is InChI=1S/CH4O.2ClH.Mn/c1-2;;;/h2H,1H3;2*1H;/q;;;+2/p-2. The smallest absolute Gasteiger partial charge is 1.00 e. The van der Waals surface area contributed by atoms with Crippen LogP contribution in [-0.4, -0.2) is 12.2 Å². The molecule has 0 aromatic rings. The first-order valence-corrected chi connectivity index (χ1v) is 0.447. The Hall–Kier alpha value is 1.06. The van der Waals surface area contributed by atoms with Crippen molar-refractivity contribution in [3.63, 3.8) is 0 Å². The van der Waals surface area contributed by atoms with Crippen LogP contribution in [-0.2, 0) is 17.1 Å². The summed E-state index contributed by atoms with van der Waals surface area (Å²) in [6.45, 7) is 0. The molecule has 4 heteroatoms. The van der Waals surface area contributed by atoms with Crippen LogP contribution < -0.4 is 24.8 Å². The first-order chi connectivity index (χ1) is 1.00. The van der Waals surface area contributed by atoms with Gasteiger partial charge in [0, 0.05) is 7.11 Å². The fourth-order valence-electron chi connectivity index (χ4n) is 0. The largest absolute Gasteiger partial charge is 2.00 e. The van der Waals surface area contributed by atoms with Crippen LogP contribution in [0.4, 0.5) is 0 Å². The minimum absolute atomic E-state index is 0. The molecule has 35 valence electrons. The summed E-state index contributed by atoms with van der Waals surface area (Å²) in [5.74, 6) is 0. The number of aliphatic hydroxyl groups excluding tert-OH is 1. The third kappa shape index (κ3) is 42.2. The van der Waals surface area contributed by atoms with Crippen LogP contribution in [0.25, 0.3) is 0 Å². The molecule has 0 aliphatic heterocycles. The van der Waals surface area contributed by atoms with Gasteiger partial charge in [-0.1, -0.05) is 0 Å². The zero-order valence-corrected chi connectivity index (χ0v) is 5.27. The van der Waals surface area contributed by atoms with E-state index in [0.717, 1.165) is 7.11 Å². The van der Waals surface area contributed by atoms with Crippen molar-refractivity contribution < 1.29 is 47.0 Å². The summed E-state index contributed by atoms with van der Waals surface area (Å²) in [6, 6.07) is 0. The molecule has 0 aromatic carbocycles. The summed E-state index contributed by atoms with van der Waals surface area (Å²) in [5, 5.41) is 7.00. The summed E-state index contributed by atoms with van der Waals surface area (Å²) >= 11 is 0. The number of hydrogen-bond acceptors (Lipinski definition) is 1. The second-order valence-electron chi connectivity index (χ2n) is 0. The Morgan fingerprint density at radius 3 is 1.00 bits per heavy atom. The van der Waals surface area contributed by atoms with E-state index in [4.69, 9.17) is 5.11 Å². The van der Waals surface area contributed by atoms with Gasteiger partial charge in [-0.2, -0.15) is 0 Å². The third-order valence-corrected chi connectivity index (χ3v) is 0. The van der Waals surface area contributed by atoms with Crippen molar-refractivity contribution in [3.8, 4) is 0 Å². The van der Waals surface area contributed by atoms with Crippen LogP contribution in [0.1, 0.15) is 0 Å². The summed E-state index contributed by atoms with van der Waals surface area (Å²) in [6.07, 6.45) is 0. The van der Waals surface area contributed by atoms with Crippen molar-refractivity contribution in [2.24, 2.45) is 0 Å². The Morgan fingerprint density at radius 1 is 1.00 bits per heavy atom. The van der Waals surface area contributed by atoms with Gasteiger partial charge in [0.15, 0.2) is 0 Å². The van der Waals surface area contributed by atoms with Crippen molar-refractivity contribution in [1.82, 2.24) is 0 Å². The predicted molar refractivity (Wildman–Crippen MR) is 8.14 cm³/mol. The van der Waals surface area contributed by atoms with Gasteiger partial charge in [0.1, 0.15) is 0 Å². The molecule has 0 aliphatic rings. The molecular weight excluding hydrogens is 154 g/mol. The second kappa shape index (κ2) is 74.3. The maximum atomic E-state index is 7.00. The van der Waals surface area contributed by atoms with Crippen LogP contribution in [0.3, 0.4) is 0 Å². The summed E-state index contributed by atoms with van der Waals surface area (Å²) in [4.78, 5) is 0. The quantitative estimate of drug-likeness (QED) is 0.347. The van der Waals surface area contributed by atoms with Gasteiger partial charge >= 0.3 is 17.1 Å². The van der Waals surface area contributed by atoms with E-state index in [1.165, 1.54) is 0 Å². The number of rotatable bonds is 0. The average molecular weight is 158 g/mol. The van der Waals surface area contributed by atoms with Gasteiger partial charge in [0.05, 0.1) is 0 Å². The molecule has 0 saturated heterocycles. The molecule has 0 atom stereocenters. The molecule has 0 fully saturated rings. The minimum Gasteiger partial charge on any atom is -1.00 e. The molecule has 0 aliphatic carbocycles. The normalized spacial score (nSPS) is 1.20. The van der Waals surface area contributed by atoms with Crippen LogP contribution in [0.2, 0.25) is 0 Å². The second-order valence-corrected chi connectivity index (χ2v) is 0. The van der Waals surface area contributed by atoms with Gasteiger partial charge in [-0.25, -0.2) is 0 Å². The molecule has 5 heavy (non-hydrogen) atoms. The number of aliphatic hydroxyl groups is 1. The van der Waals surface area contributed by atoms with Crippen LogP contribution >= 0.6 is 0 Å². The Kier molecular flexibility index (Phi) is 543. The third-order valence-electron chi connectivity index (χ3n) is 0. The Bertz CT molecular complexity index is 9.61. The van der Waals surface area contributed by atoms with Gasteiger partial charge in [0.25, 0.3) is 0 Å². The van der Waals surface area contributed by atoms with Gasteiger partial charge in [-0.15, -0.1) is 0 Å². The monoisotopic (exact) mass is 157 g/mol. The van der Waals surface area contributed by atoms with Crippen LogP contribution in [0.5, 0.6) is 0 Å². The molecular formula is CH4Cl2MnO. The summed E-state index contributed by atoms with van der Waals surface area (Å²) in [5.41, 5.74) is 0. The molecule has 1 radical (unpaired) electrons. The molecule has 1 N–H and O–H groups in total. The zero-order chi connectivity index (χ0) is 2.00. The van der Waals surface area contributed by atoms with Crippen LogP contribution in [0, 0.1) is 0 Å². The van der Waals surface area contributed by atoms with E-state index in [0.29, 0.717) is 0 Å². The van der Waals surface area contributed by atoms with E-state index in [2.05, 4.69) is 0 Å². The van der Waals surface area contributed by atoms with Crippen LogP contribution in [0.15, 0.2) is 0 Å². The molecule has 0 amide bonds. The topological polar surface area (TPSA) is 20.2 Å². The van der Waals surface area contributed by atoms with Crippen molar-refractivity contribution in [3.05, 3.63) is 0 Å². The van der Waals surface area contributed by atoms with E-state index in [1.54, 1.807) is 0 Å². The van der Waals surface area contributed by atoms with E-state index < -0.39 is 0 Å². The number of halogens is 2. The Labute approximate surface area is 54.4 Å². The molecule has 0 saturated carbocycles. The van der Waals surface area contributed by atoms with Crippen molar-refractivity contribution >= 4 is 0 Å². The Morgan fingerprint density at radius 2 is 1.00 bits per heavy atom. The maximum Gasteiger partial charge on any atom is 2.00 e. The zero-order valence-electron chi connectivity index (χ0n) is 2.58. The van der Waals surface area contributed by atoms with Gasteiger partial charge in [-0.05, 0) is 0 Å². The molecule has 0 bridgehead atoms. The predicted octanol–water partition coefficient (Wildman–Crippen LogP) is -6.39. The summed E-state index contributed by atoms with van der Waals surface area (Å²) in [7, 11) is 1.00. The molecule has 0 aromatic heterocycles. The molecule has 0 unspecified atom stereocenters. The Balaban J connectivity index is -0.00000000167. The number of hydrogen-bond donors (Lipinski definition) is 1. The fourth-order valence-corrected chi connectivity index (χ4v) is 0. The van der Waals surface area contributed by atoms with E-state index in [9.17, 15) is 0 Å². The maximum absolute atomic E-state index is 7.00. The first-order valence-electron chi connectivity index (χ1n) is 0.447. The molecule has 0 heterocycles. The van der Waals surface area contributed by atoms with Crippen molar-refractivity contribution in [1.29, 1.82) is 0 Å². The minimum atomic E-state index is 0. The summed E-state index contributed by atoms with van der Waals surface area (Å²) < 4.78 is 0. The van der Waals surface area contributed by atoms with Crippen molar-refractivity contribution in [2.75, 3.05) is 7.11 Å². The van der Waals surface area contributed by atoms with Gasteiger partial charge in [0.2, 0.25) is 0 Å². The average Bonchev–Trinajstić information content (AvgIpc) is 1.00.